The van der Waals surface area contributed by atoms with E-state index in [4.69, 9.17) is 4.74 Å². The molecule has 0 aliphatic carbocycles. The van der Waals surface area contributed by atoms with E-state index < -0.39 is 29.3 Å². The van der Waals surface area contributed by atoms with Crippen LogP contribution in [-0.4, -0.2) is 45.2 Å². The minimum atomic E-state index is -1.21. The topological polar surface area (TPSA) is 137 Å². The second kappa shape index (κ2) is 17.5. The highest BCUT2D eigenvalue weighted by atomic mass is 79.9. The molecule has 0 saturated heterocycles. The SMILES string of the molecule is COC(=O)[C@H](CC(C)C)NC(=O)c1cn(Cc2ccccc2)c2ccc(Br)cc2c1=O.O=C(O)c1cn(Cc2ccccc2)c2ccc(Br)cc2c1=O. The van der Waals surface area contributed by atoms with E-state index in [-0.39, 0.29) is 22.5 Å². The fraction of sp³-hybridized carbons (Fsp3) is 0.195. The van der Waals surface area contributed by atoms with E-state index in [1.54, 1.807) is 22.9 Å². The standard InChI is InChI=1S/C24H25BrN2O4.C17H12BrNO3/c1-15(2)11-20(24(30)31-3)26-23(29)19-14-27(13-16-7-5-4-6-8-16)21-10-9-17(25)12-18(21)22(19)28;18-12-6-7-15-13(8-12)16(20)14(17(21)22)10-19(15)9-11-4-2-1-3-5-11/h4-10,12,14-15,20H,11,13H2,1-3H3,(H,26,29);1-8,10H,9H2,(H,21,22)/t20-;/m0./s1. The summed E-state index contributed by atoms with van der Waals surface area (Å²) in [5.74, 6) is -2.18. The Morgan fingerprint density at radius 2 is 1.17 bits per heavy atom. The summed E-state index contributed by atoms with van der Waals surface area (Å²) in [6, 6.07) is 29.4. The quantitative estimate of drug-likeness (QED) is 0.135. The number of halogens is 2. The number of aromatic carboxylic acids is 1. The highest BCUT2D eigenvalue weighted by molar-refractivity contribution is 9.10. The number of hydrogen-bond donors (Lipinski definition) is 2. The lowest BCUT2D eigenvalue weighted by atomic mass is 10.0. The third-order valence-electron chi connectivity index (χ3n) is 8.45. The first-order chi connectivity index (χ1) is 25.4. The Labute approximate surface area is 322 Å². The van der Waals surface area contributed by atoms with Gasteiger partial charge in [0, 0.05) is 45.2 Å². The third kappa shape index (κ3) is 9.57. The summed E-state index contributed by atoms with van der Waals surface area (Å²) in [6.45, 7) is 4.89. The number of nitrogens with zero attached hydrogens (tertiary/aromatic N) is 2. The van der Waals surface area contributed by atoms with Crippen molar-refractivity contribution in [1.82, 2.24) is 14.5 Å². The molecule has 0 radical (unpaired) electrons. The van der Waals surface area contributed by atoms with Crippen LogP contribution in [0.3, 0.4) is 0 Å². The number of carbonyl (C=O) groups is 3. The minimum absolute atomic E-state index is 0.0146. The van der Waals surface area contributed by atoms with Gasteiger partial charge in [0.15, 0.2) is 0 Å². The molecule has 53 heavy (non-hydrogen) atoms. The fourth-order valence-electron chi connectivity index (χ4n) is 5.94. The van der Waals surface area contributed by atoms with E-state index in [9.17, 15) is 29.1 Å². The summed E-state index contributed by atoms with van der Waals surface area (Å²) in [5.41, 5.74) is 2.42. The van der Waals surface area contributed by atoms with Crippen LogP contribution in [0, 0.1) is 5.92 Å². The zero-order valence-corrected chi connectivity index (χ0v) is 32.4. The number of aromatic nitrogens is 2. The van der Waals surface area contributed by atoms with Gasteiger partial charge in [0.25, 0.3) is 5.91 Å². The lowest BCUT2D eigenvalue weighted by molar-refractivity contribution is -0.143. The van der Waals surface area contributed by atoms with E-state index >= 15 is 0 Å². The molecule has 6 aromatic rings. The molecule has 0 spiro atoms. The maximum Gasteiger partial charge on any atom is 0.341 e. The molecule has 0 aliphatic heterocycles. The van der Waals surface area contributed by atoms with Gasteiger partial charge in [-0.25, -0.2) is 9.59 Å². The number of fused-ring (bicyclic) bond motifs is 2. The summed E-state index contributed by atoms with van der Waals surface area (Å²) in [7, 11) is 1.28. The van der Waals surface area contributed by atoms with Gasteiger partial charge in [-0.05, 0) is 59.9 Å². The molecule has 0 bridgehead atoms. The molecule has 0 saturated carbocycles. The number of amides is 1. The van der Waals surface area contributed by atoms with E-state index in [2.05, 4.69) is 37.2 Å². The number of carboxylic acids is 1. The van der Waals surface area contributed by atoms with E-state index in [0.717, 1.165) is 25.6 Å². The average Bonchev–Trinajstić information content (AvgIpc) is 3.14. The van der Waals surface area contributed by atoms with Gasteiger partial charge < -0.3 is 24.3 Å². The summed E-state index contributed by atoms with van der Waals surface area (Å²) in [4.78, 5) is 62.0. The second-order valence-corrected chi connectivity index (χ2v) is 14.6. The molecule has 2 aromatic heterocycles. The lowest BCUT2D eigenvalue weighted by Gasteiger charge is -2.19. The van der Waals surface area contributed by atoms with Gasteiger partial charge in [0.1, 0.15) is 17.2 Å². The van der Waals surface area contributed by atoms with E-state index in [1.165, 1.54) is 13.3 Å². The Morgan fingerprint density at radius 3 is 1.60 bits per heavy atom. The molecule has 2 heterocycles. The smallest absolute Gasteiger partial charge is 0.341 e. The predicted octanol–water partition coefficient (Wildman–Crippen LogP) is 7.64. The number of methoxy groups -OCH3 is 1. The third-order valence-corrected chi connectivity index (χ3v) is 9.44. The summed E-state index contributed by atoms with van der Waals surface area (Å²) >= 11 is 6.73. The average molecular weight is 844 g/mol. The Kier molecular flexibility index (Phi) is 12.8. The molecule has 6 rings (SSSR count). The van der Waals surface area contributed by atoms with Crippen LogP contribution in [0.15, 0.2) is 128 Å². The maximum absolute atomic E-state index is 13.2. The number of ether oxygens (including phenoxy) is 1. The van der Waals surface area contributed by atoms with Gasteiger partial charge in [-0.15, -0.1) is 0 Å². The van der Waals surface area contributed by atoms with Crippen LogP contribution in [0.5, 0.6) is 0 Å². The van der Waals surface area contributed by atoms with Crippen LogP contribution in [0.1, 0.15) is 52.1 Å². The van der Waals surface area contributed by atoms with Crippen molar-refractivity contribution in [3.05, 3.63) is 161 Å². The summed E-state index contributed by atoms with van der Waals surface area (Å²) in [5, 5.41) is 12.8. The number of rotatable bonds is 10. The number of carboxylic acid groups (broad SMARTS) is 1. The molecule has 1 atom stereocenters. The van der Waals surface area contributed by atoms with Gasteiger partial charge in [-0.2, -0.15) is 0 Å². The second-order valence-electron chi connectivity index (χ2n) is 12.8. The van der Waals surface area contributed by atoms with Crippen LogP contribution in [-0.2, 0) is 22.6 Å². The van der Waals surface area contributed by atoms with Crippen molar-refractivity contribution in [3.63, 3.8) is 0 Å². The molecule has 0 aliphatic rings. The number of pyridine rings is 2. The first-order valence-electron chi connectivity index (χ1n) is 16.7. The number of esters is 1. The van der Waals surface area contributed by atoms with Gasteiger partial charge in [0.05, 0.1) is 18.1 Å². The van der Waals surface area contributed by atoms with Crippen LogP contribution < -0.4 is 16.2 Å². The molecule has 272 valence electrons. The first-order valence-corrected chi connectivity index (χ1v) is 18.3. The zero-order valence-electron chi connectivity index (χ0n) is 29.2. The van der Waals surface area contributed by atoms with Crippen molar-refractivity contribution < 1.29 is 24.2 Å². The van der Waals surface area contributed by atoms with Crippen molar-refractivity contribution in [2.24, 2.45) is 5.92 Å². The van der Waals surface area contributed by atoms with Crippen LogP contribution in [0.4, 0.5) is 0 Å². The molecule has 4 aromatic carbocycles. The fourth-order valence-corrected chi connectivity index (χ4v) is 6.66. The minimum Gasteiger partial charge on any atom is -0.477 e. The zero-order chi connectivity index (χ0) is 38.2. The predicted molar refractivity (Wildman–Crippen MR) is 213 cm³/mol. The van der Waals surface area contributed by atoms with Crippen LogP contribution in [0.2, 0.25) is 0 Å². The Morgan fingerprint density at radius 1 is 0.717 bits per heavy atom. The van der Waals surface area contributed by atoms with Gasteiger partial charge in [0.2, 0.25) is 10.9 Å². The molecule has 10 nitrogen and oxygen atoms in total. The van der Waals surface area contributed by atoms with E-state index in [1.807, 2.05) is 103 Å². The molecule has 0 fully saturated rings. The molecular weight excluding hydrogens is 806 g/mol. The Bertz CT molecular complexity index is 2410. The van der Waals surface area contributed by atoms with Crippen molar-refractivity contribution in [3.8, 4) is 0 Å². The van der Waals surface area contributed by atoms with Crippen LogP contribution >= 0.6 is 31.9 Å². The summed E-state index contributed by atoms with van der Waals surface area (Å²) < 4.78 is 9.98. The molecular formula is C41H37Br2N3O7. The monoisotopic (exact) mass is 841 g/mol. The molecule has 12 heteroatoms. The lowest BCUT2D eigenvalue weighted by Crippen LogP contribution is -2.43. The summed E-state index contributed by atoms with van der Waals surface area (Å²) in [6.07, 6.45) is 3.38. The largest absolute Gasteiger partial charge is 0.477 e. The van der Waals surface area contributed by atoms with Crippen molar-refractivity contribution >= 4 is 71.5 Å². The van der Waals surface area contributed by atoms with Crippen molar-refractivity contribution in [2.75, 3.05) is 7.11 Å². The highest BCUT2D eigenvalue weighted by Gasteiger charge is 2.25. The Balaban J connectivity index is 0.000000216. The molecule has 0 unspecified atom stereocenters. The first kappa shape index (κ1) is 38.9. The van der Waals surface area contributed by atoms with Gasteiger partial charge in [-0.1, -0.05) is 106 Å². The number of hydrogen-bond acceptors (Lipinski definition) is 6. The number of carbonyl (C=O) groups excluding carboxylic acids is 2. The van der Waals surface area contributed by atoms with Crippen molar-refractivity contribution in [1.29, 1.82) is 0 Å². The number of nitrogens with one attached hydrogen (secondary N) is 1. The van der Waals surface area contributed by atoms with Gasteiger partial charge >= 0.3 is 11.9 Å². The molecule has 2 N–H and O–H groups in total. The molecule has 1 amide bonds. The normalized spacial score (nSPS) is 11.5. The maximum atomic E-state index is 13.2. The van der Waals surface area contributed by atoms with Gasteiger partial charge in [-0.3, -0.25) is 14.4 Å². The van der Waals surface area contributed by atoms with Crippen LogP contribution in [0.25, 0.3) is 21.8 Å². The number of benzene rings is 4. The van der Waals surface area contributed by atoms with Crippen molar-refractivity contribution in [2.45, 2.75) is 39.4 Å². The Hall–Kier alpha value is -5.33. The highest BCUT2D eigenvalue weighted by Crippen LogP contribution is 2.21. The van der Waals surface area contributed by atoms with E-state index in [0.29, 0.717) is 35.8 Å².